The molecule has 1 saturated carbocycles. The Morgan fingerprint density at radius 2 is 1.84 bits per heavy atom. The van der Waals surface area contributed by atoms with Crippen LogP contribution in [0.5, 0.6) is 0 Å². The molecule has 0 unspecified atom stereocenters. The monoisotopic (exact) mass is 263 g/mol. The molecule has 2 rings (SSSR count). The molecule has 106 valence electrons. The van der Waals surface area contributed by atoms with E-state index in [0.717, 1.165) is 24.9 Å². The summed E-state index contributed by atoms with van der Waals surface area (Å²) in [6.07, 6.45) is 3.36. The van der Waals surface area contributed by atoms with E-state index in [4.69, 9.17) is 5.11 Å². The first-order valence-electron chi connectivity index (χ1n) is 7.10. The Bertz CT molecular complexity index is 404. The lowest BCUT2D eigenvalue weighted by Gasteiger charge is -2.37. The summed E-state index contributed by atoms with van der Waals surface area (Å²) in [7, 11) is 2.11. The van der Waals surface area contributed by atoms with Gasteiger partial charge in [-0.1, -0.05) is 31.2 Å². The first-order chi connectivity index (χ1) is 9.09. The molecule has 0 amide bonds. The predicted octanol–water partition coefficient (Wildman–Crippen LogP) is 2.16. The molecule has 0 radical (unpaired) electrons. The van der Waals surface area contributed by atoms with E-state index in [9.17, 15) is 5.11 Å². The molecule has 0 heterocycles. The van der Waals surface area contributed by atoms with Crippen molar-refractivity contribution in [2.45, 2.75) is 44.9 Å². The van der Waals surface area contributed by atoms with E-state index >= 15 is 0 Å². The fourth-order valence-electron chi connectivity index (χ4n) is 3.17. The van der Waals surface area contributed by atoms with Crippen LogP contribution in [0.3, 0.4) is 0 Å². The van der Waals surface area contributed by atoms with Crippen LogP contribution < -0.4 is 0 Å². The molecular formula is C16H25NO2. The largest absolute Gasteiger partial charge is 0.394 e. The summed E-state index contributed by atoms with van der Waals surface area (Å²) in [6, 6.07) is 8.05. The Labute approximate surface area is 115 Å². The second-order valence-corrected chi connectivity index (χ2v) is 6.06. The summed E-state index contributed by atoms with van der Waals surface area (Å²) in [5, 5.41) is 18.8. The van der Waals surface area contributed by atoms with Crippen molar-refractivity contribution in [2.75, 3.05) is 13.7 Å². The Kier molecular flexibility index (Phi) is 4.61. The predicted molar refractivity (Wildman–Crippen MR) is 76.7 cm³/mol. The Morgan fingerprint density at radius 3 is 2.32 bits per heavy atom. The highest BCUT2D eigenvalue weighted by Crippen LogP contribution is 2.38. The molecule has 19 heavy (non-hydrogen) atoms. The van der Waals surface area contributed by atoms with Gasteiger partial charge in [-0.2, -0.15) is 0 Å². The van der Waals surface area contributed by atoms with Crippen LogP contribution in [0.15, 0.2) is 24.3 Å². The summed E-state index contributed by atoms with van der Waals surface area (Å²) < 4.78 is 0. The van der Waals surface area contributed by atoms with Gasteiger partial charge < -0.3 is 10.2 Å². The zero-order valence-electron chi connectivity index (χ0n) is 12.0. The molecule has 1 fully saturated rings. The number of aliphatic hydroxyl groups excluding tert-OH is 2. The third-order valence-electron chi connectivity index (χ3n) is 4.56. The third-order valence-corrected chi connectivity index (χ3v) is 4.56. The quantitative estimate of drug-likeness (QED) is 0.855. The SMILES string of the molecule is C[C@@H]1CC[C@@](CO)(N(C)Cc2ccc(CO)cc2)C1. The number of nitrogens with zero attached hydrogens (tertiary/aromatic N) is 1. The molecule has 0 aromatic heterocycles. The van der Waals surface area contributed by atoms with E-state index in [2.05, 4.69) is 31.0 Å². The van der Waals surface area contributed by atoms with E-state index < -0.39 is 0 Å². The second-order valence-electron chi connectivity index (χ2n) is 6.06. The van der Waals surface area contributed by atoms with E-state index in [1.165, 1.54) is 12.0 Å². The van der Waals surface area contributed by atoms with Gasteiger partial charge in [-0.3, -0.25) is 4.90 Å². The molecule has 0 aliphatic heterocycles. The number of aliphatic hydroxyl groups is 2. The van der Waals surface area contributed by atoms with Crippen molar-refractivity contribution in [3.05, 3.63) is 35.4 Å². The molecule has 1 aliphatic rings. The normalized spacial score (nSPS) is 27.1. The van der Waals surface area contributed by atoms with Crippen molar-refractivity contribution in [1.82, 2.24) is 4.90 Å². The van der Waals surface area contributed by atoms with Gasteiger partial charge in [-0.05, 0) is 43.4 Å². The highest BCUT2D eigenvalue weighted by atomic mass is 16.3. The molecule has 0 spiro atoms. The molecule has 0 saturated heterocycles. The molecule has 3 heteroatoms. The average Bonchev–Trinajstić information content (AvgIpc) is 2.82. The lowest BCUT2D eigenvalue weighted by Crippen LogP contribution is -2.47. The van der Waals surface area contributed by atoms with Crippen LogP contribution in [0.2, 0.25) is 0 Å². The molecule has 0 bridgehead atoms. The van der Waals surface area contributed by atoms with E-state index in [-0.39, 0.29) is 18.8 Å². The van der Waals surface area contributed by atoms with Crippen molar-refractivity contribution < 1.29 is 10.2 Å². The van der Waals surface area contributed by atoms with Crippen molar-refractivity contribution in [3.8, 4) is 0 Å². The van der Waals surface area contributed by atoms with Gasteiger partial charge in [0.1, 0.15) is 0 Å². The van der Waals surface area contributed by atoms with Crippen LogP contribution in [0.4, 0.5) is 0 Å². The molecule has 3 nitrogen and oxygen atoms in total. The number of rotatable bonds is 5. The second kappa shape index (κ2) is 6.04. The van der Waals surface area contributed by atoms with Gasteiger partial charge in [0.25, 0.3) is 0 Å². The van der Waals surface area contributed by atoms with Crippen molar-refractivity contribution in [1.29, 1.82) is 0 Å². The van der Waals surface area contributed by atoms with Gasteiger partial charge in [-0.15, -0.1) is 0 Å². The molecule has 2 atom stereocenters. The van der Waals surface area contributed by atoms with Crippen molar-refractivity contribution in [3.63, 3.8) is 0 Å². The maximum Gasteiger partial charge on any atom is 0.0681 e. The van der Waals surface area contributed by atoms with Crippen LogP contribution >= 0.6 is 0 Å². The van der Waals surface area contributed by atoms with Gasteiger partial charge in [0, 0.05) is 12.1 Å². The van der Waals surface area contributed by atoms with Crippen LogP contribution in [-0.2, 0) is 13.2 Å². The fourth-order valence-corrected chi connectivity index (χ4v) is 3.17. The molecule has 2 N–H and O–H groups in total. The number of likely N-dealkylation sites (N-methyl/N-ethyl adjacent to an activating group) is 1. The van der Waals surface area contributed by atoms with Gasteiger partial charge in [-0.25, -0.2) is 0 Å². The molecule has 1 aliphatic carbocycles. The van der Waals surface area contributed by atoms with E-state index in [1.807, 2.05) is 12.1 Å². The molecule has 1 aromatic carbocycles. The maximum atomic E-state index is 9.79. The summed E-state index contributed by atoms with van der Waals surface area (Å²) in [4.78, 5) is 2.30. The summed E-state index contributed by atoms with van der Waals surface area (Å²) in [5.41, 5.74) is 2.12. The summed E-state index contributed by atoms with van der Waals surface area (Å²) in [6.45, 7) is 3.44. The highest BCUT2D eigenvalue weighted by Gasteiger charge is 2.40. The molecular weight excluding hydrogens is 238 g/mol. The summed E-state index contributed by atoms with van der Waals surface area (Å²) in [5.74, 6) is 0.700. The molecule has 1 aromatic rings. The summed E-state index contributed by atoms with van der Waals surface area (Å²) >= 11 is 0. The van der Waals surface area contributed by atoms with E-state index in [0.29, 0.717) is 5.92 Å². The Balaban J connectivity index is 2.04. The average molecular weight is 263 g/mol. The third kappa shape index (κ3) is 3.16. The highest BCUT2D eigenvalue weighted by molar-refractivity contribution is 5.22. The lowest BCUT2D eigenvalue weighted by molar-refractivity contribution is 0.0457. The van der Waals surface area contributed by atoms with Crippen LogP contribution in [0.25, 0.3) is 0 Å². The number of hydrogen-bond acceptors (Lipinski definition) is 3. The maximum absolute atomic E-state index is 9.79. The zero-order valence-corrected chi connectivity index (χ0v) is 12.0. The minimum atomic E-state index is -0.0466. The van der Waals surface area contributed by atoms with E-state index in [1.54, 1.807) is 0 Å². The van der Waals surface area contributed by atoms with Gasteiger partial charge in [0.05, 0.1) is 13.2 Å². The van der Waals surface area contributed by atoms with Crippen LogP contribution in [0.1, 0.15) is 37.3 Å². The number of hydrogen-bond donors (Lipinski definition) is 2. The Morgan fingerprint density at radius 1 is 1.21 bits per heavy atom. The smallest absolute Gasteiger partial charge is 0.0681 e. The standard InChI is InChI=1S/C16H25NO2/c1-13-7-8-16(9-13,12-19)17(2)10-14-3-5-15(11-18)6-4-14/h3-6,13,18-19H,7-12H2,1-2H3/t13-,16-/m1/s1. The van der Waals surface area contributed by atoms with Gasteiger partial charge in [0.2, 0.25) is 0 Å². The lowest BCUT2D eigenvalue weighted by atomic mass is 9.94. The Hall–Kier alpha value is -0.900. The first-order valence-corrected chi connectivity index (χ1v) is 7.10. The minimum Gasteiger partial charge on any atom is -0.394 e. The fraction of sp³-hybridized carbons (Fsp3) is 0.625. The first kappa shape index (κ1) is 14.5. The zero-order chi connectivity index (χ0) is 13.9. The topological polar surface area (TPSA) is 43.7 Å². The van der Waals surface area contributed by atoms with Gasteiger partial charge >= 0.3 is 0 Å². The van der Waals surface area contributed by atoms with Crippen molar-refractivity contribution >= 4 is 0 Å². The minimum absolute atomic E-state index is 0.0466. The van der Waals surface area contributed by atoms with Gasteiger partial charge in [0.15, 0.2) is 0 Å². The number of benzene rings is 1. The van der Waals surface area contributed by atoms with Crippen LogP contribution in [0, 0.1) is 5.92 Å². The van der Waals surface area contributed by atoms with Crippen LogP contribution in [-0.4, -0.2) is 34.3 Å². The van der Waals surface area contributed by atoms with Crippen molar-refractivity contribution in [2.24, 2.45) is 5.92 Å².